The Labute approximate surface area is 114 Å². The van der Waals surface area contributed by atoms with Gasteiger partial charge in [0.05, 0.1) is 19.6 Å². The Morgan fingerprint density at radius 1 is 1.32 bits per heavy atom. The first-order valence-electron chi connectivity index (χ1n) is 6.19. The Balaban J connectivity index is 2.46. The van der Waals surface area contributed by atoms with E-state index >= 15 is 0 Å². The summed E-state index contributed by atoms with van der Waals surface area (Å²) in [7, 11) is 0.658. The Morgan fingerprint density at radius 3 is 2.37 bits per heavy atom. The van der Waals surface area contributed by atoms with Gasteiger partial charge in [-0.15, -0.1) is 0 Å². The second-order valence-corrected chi connectivity index (χ2v) is 7.07. The van der Waals surface area contributed by atoms with Gasteiger partial charge >= 0.3 is 5.97 Å². The fraction of sp³-hybridized carbons (Fsp3) is 0.909. The average Bonchev–Trinajstić information content (AvgIpc) is 2.33. The van der Waals surface area contributed by atoms with Crippen LogP contribution < -0.4 is 0 Å². The molecular weight excluding hydrogens is 272 g/mol. The fourth-order valence-corrected chi connectivity index (χ4v) is 3.21. The number of aliphatic hydroxyl groups is 1. The molecule has 0 spiro atoms. The number of carbonyl (C=O) groups is 1. The maximum Gasteiger partial charge on any atom is 0.306 e. The van der Waals surface area contributed by atoms with Crippen molar-refractivity contribution in [1.82, 2.24) is 8.61 Å². The van der Waals surface area contributed by atoms with Crippen LogP contribution in [0.25, 0.3) is 0 Å². The molecular formula is C11H22N2O5S. The zero-order chi connectivity index (χ0) is 14.6. The number of carbonyl (C=O) groups excluding carboxylic acids is 1. The Kier molecular flexibility index (Phi) is 5.72. The van der Waals surface area contributed by atoms with Crippen LogP contribution >= 0.6 is 0 Å². The number of ether oxygens (including phenoxy) is 1. The lowest BCUT2D eigenvalue weighted by molar-refractivity contribution is -0.140. The minimum atomic E-state index is -3.55. The van der Waals surface area contributed by atoms with Crippen molar-refractivity contribution < 1.29 is 23.1 Å². The molecule has 1 saturated carbocycles. The highest BCUT2D eigenvalue weighted by atomic mass is 32.2. The number of nitrogens with zero attached hydrogens (tertiary/aromatic N) is 2. The molecule has 0 heterocycles. The summed E-state index contributed by atoms with van der Waals surface area (Å²) >= 11 is 0. The van der Waals surface area contributed by atoms with Gasteiger partial charge in [-0.3, -0.25) is 4.79 Å². The van der Waals surface area contributed by atoms with Gasteiger partial charge in [0.25, 0.3) is 10.2 Å². The van der Waals surface area contributed by atoms with Gasteiger partial charge in [-0.1, -0.05) is 0 Å². The molecule has 0 aromatic carbocycles. The van der Waals surface area contributed by atoms with Crippen molar-refractivity contribution >= 4 is 16.2 Å². The van der Waals surface area contributed by atoms with Crippen LogP contribution in [0.3, 0.4) is 0 Å². The van der Waals surface area contributed by atoms with E-state index in [2.05, 4.69) is 4.74 Å². The van der Waals surface area contributed by atoms with Crippen molar-refractivity contribution in [2.75, 3.05) is 34.3 Å². The summed E-state index contributed by atoms with van der Waals surface area (Å²) in [6.07, 6.45) is 1.03. The lowest BCUT2D eigenvalue weighted by atomic mass is 9.82. The van der Waals surface area contributed by atoms with E-state index in [0.717, 1.165) is 4.31 Å². The van der Waals surface area contributed by atoms with Crippen LogP contribution in [0.5, 0.6) is 0 Å². The summed E-state index contributed by atoms with van der Waals surface area (Å²) in [6.45, 7) is 0.481. The van der Waals surface area contributed by atoms with Crippen LogP contribution in [-0.4, -0.2) is 68.5 Å². The number of aliphatic hydroxyl groups excluding tert-OH is 1. The summed E-state index contributed by atoms with van der Waals surface area (Å²) in [4.78, 5) is 11.0. The highest BCUT2D eigenvalue weighted by Crippen LogP contribution is 2.28. The number of methoxy groups -OCH3 is 1. The summed E-state index contributed by atoms with van der Waals surface area (Å²) < 4.78 is 31.1. The molecule has 1 rings (SSSR count). The number of hydrogen-bond donors (Lipinski definition) is 1. The van der Waals surface area contributed by atoms with E-state index in [1.165, 1.54) is 25.5 Å². The van der Waals surface area contributed by atoms with E-state index in [-0.39, 0.29) is 25.0 Å². The van der Waals surface area contributed by atoms with E-state index in [1.807, 2.05) is 0 Å². The molecule has 1 aliphatic carbocycles. The summed E-state index contributed by atoms with van der Waals surface area (Å²) in [5.74, 6) is -0.226. The maximum absolute atomic E-state index is 12.1. The predicted octanol–water partition coefficient (Wildman–Crippen LogP) is -0.571. The normalized spacial score (nSPS) is 23.5. The van der Waals surface area contributed by atoms with E-state index in [9.17, 15) is 18.3 Å². The van der Waals surface area contributed by atoms with Gasteiger partial charge in [0, 0.05) is 27.2 Å². The van der Waals surface area contributed by atoms with Gasteiger partial charge in [0.2, 0.25) is 0 Å². The molecule has 0 saturated heterocycles. The maximum atomic E-state index is 12.1. The molecule has 1 N–H and O–H groups in total. The van der Waals surface area contributed by atoms with Gasteiger partial charge < -0.3 is 9.84 Å². The predicted molar refractivity (Wildman–Crippen MR) is 69.5 cm³/mol. The molecule has 0 bridgehead atoms. The summed E-state index contributed by atoms with van der Waals surface area (Å²) in [5, 5.41) is 9.19. The van der Waals surface area contributed by atoms with Crippen LogP contribution in [0.1, 0.15) is 19.3 Å². The minimum Gasteiger partial charge on any atom is -0.469 e. The Hall–Kier alpha value is -0.700. The van der Waals surface area contributed by atoms with Crippen LogP contribution in [0, 0.1) is 5.92 Å². The molecule has 0 amide bonds. The van der Waals surface area contributed by atoms with Gasteiger partial charge in [0.1, 0.15) is 0 Å². The first-order valence-corrected chi connectivity index (χ1v) is 7.59. The monoisotopic (exact) mass is 294 g/mol. The third-order valence-electron chi connectivity index (χ3n) is 3.37. The molecule has 112 valence electrons. The Morgan fingerprint density at radius 2 is 1.89 bits per heavy atom. The molecule has 1 aliphatic rings. The molecule has 8 heteroatoms. The SMILES string of the molecule is COC(=O)CCN(C)S(=O)(=O)N(C)CC1CC(O)C1. The first-order chi connectivity index (χ1) is 8.77. The van der Waals surface area contributed by atoms with Crippen molar-refractivity contribution in [3.05, 3.63) is 0 Å². The lowest BCUT2D eigenvalue weighted by Gasteiger charge is -2.35. The topological polar surface area (TPSA) is 87.2 Å². The zero-order valence-corrected chi connectivity index (χ0v) is 12.4. The largest absolute Gasteiger partial charge is 0.469 e. The van der Waals surface area contributed by atoms with Crippen molar-refractivity contribution in [3.63, 3.8) is 0 Å². The molecule has 0 unspecified atom stereocenters. The molecule has 0 atom stereocenters. The smallest absolute Gasteiger partial charge is 0.306 e. The van der Waals surface area contributed by atoms with E-state index in [0.29, 0.717) is 19.4 Å². The van der Waals surface area contributed by atoms with Gasteiger partial charge in [-0.25, -0.2) is 0 Å². The van der Waals surface area contributed by atoms with Crippen LogP contribution in [0.4, 0.5) is 0 Å². The van der Waals surface area contributed by atoms with E-state index in [4.69, 9.17) is 0 Å². The number of hydrogen-bond acceptors (Lipinski definition) is 5. The van der Waals surface area contributed by atoms with Crippen molar-refractivity contribution in [2.24, 2.45) is 5.92 Å². The third-order valence-corrected chi connectivity index (χ3v) is 5.28. The molecule has 1 fully saturated rings. The molecule has 0 radical (unpaired) electrons. The lowest BCUT2D eigenvalue weighted by Crippen LogP contribution is -2.45. The quantitative estimate of drug-likeness (QED) is 0.635. The summed E-state index contributed by atoms with van der Waals surface area (Å²) in [5.41, 5.74) is 0. The van der Waals surface area contributed by atoms with Crippen LogP contribution in [0.2, 0.25) is 0 Å². The fourth-order valence-electron chi connectivity index (χ4n) is 2.01. The van der Waals surface area contributed by atoms with E-state index < -0.39 is 16.2 Å². The van der Waals surface area contributed by atoms with Gasteiger partial charge in [-0.05, 0) is 18.8 Å². The highest BCUT2D eigenvalue weighted by molar-refractivity contribution is 7.86. The molecule has 19 heavy (non-hydrogen) atoms. The minimum absolute atomic E-state index is 0.0300. The van der Waals surface area contributed by atoms with E-state index in [1.54, 1.807) is 0 Å². The molecule has 0 aromatic rings. The van der Waals surface area contributed by atoms with Gasteiger partial charge in [-0.2, -0.15) is 17.0 Å². The number of esters is 1. The van der Waals surface area contributed by atoms with Crippen molar-refractivity contribution in [1.29, 1.82) is 0 Å². The Bertz CT molecular complexity index is 405. The molecule has 7 nitrogen and oxygen atoms in total. The third kappa shape index (κ3) is 4.41. The molecule has 0 aromatic heterocycles. The average molecular weight is 294 g/mol. The van der Waals surface area contributed by atoms with Crippen molar-refractivity contribution in [2.45, 2.75) is 25.4 Å². The second kappa shape index (κ2) is 6.65. The second-order valence-electron chi connectivity index (χ2n) is 4.93. The zero-order valence-electron chi connectivity index (χ0n) is 11.6. The van der Waals surface area contributed by atoms with Crippen molar-refractivity contribution in [3.8, 4) is 0 Å². The van der Waals surface area contributed by atoms with Gasteiger partial charge in [0.15, 0.2) is 0 Å². The standard InChI is InChI=1S/C11H22N2O5S/c1-12(5-4-11(15)18-3)19(16,17)13(2)8-9-6-10(14)7-9/h9-10,14H,4-8H2,1-3H3. The highest BCUT2D eigenvalue weighted by Gasteiger charge is 2.32. The van der Waals surface area contributed by atoms with Crippen LogP contribution in [0.15, 0.2) is 0 Å². The first kappa shape index (κ1) is 16.4. The summed E-state index contributed by atoms with van der Waals surface area (Å²) in [6, 6.07) is 0. The molecule has 0 aliphatic heterocycles. The number of rotatable bonds is 7. The van der Waals surface area contributed by atoms with Crippen LogP contribution in [-0.2, 0) is 19.7 Å².